The van der Waals surface area contributed by atoms with Crippen LogP contribution < -0.4 is 10.1 Å². The summed E-state index contributed by atoms with van der Waals surface area (Å²) in [6.45, 7) is 0.804. The molecule has 1 aliphatic heterocycles. The van der Waals surface area contributed by atoms with Crippen molar-refractivity contribution in [3.05, 3.63) is 23.8 Å². The minimum absolute atomic E-state index is 0.291. The second-order valence-electron chi connectivity index (χ2n) is 4.23. The number of ether oxygens (including phenoxy) is 1. The first-order valence-electron chi connectivity index (χ1n) is 5.97. The molecular weight excluding hydrogens is 250 g/mol. The molecule has 0 aliphatic carbocycles. The van der Waals surface area contributed by atoms with E-state index in [0.29, 0.717) is 22.3 Å². The van der Waals surface area contributed by atoms with E-state index < -0.39 is 5.97 Å². The summed E-state index contributed by atoms with van der Waals surface area (Å²) >= 11 is 1.94. The Morgan fingerprint density at radius 1 is 1.61 bits per heavy atom. The number of hydrogen-bond acceptors (Lipinski definition) is 4. The fourth-order valence-electron chi connectivity index (χ4n) is 2.01. The molecule has 1 aliphatic rings. The van der Waals surface area contributed by atoms with Gasteiger partial charge in [0.25, 0.3) is 0 Å². The van der Waals surface area contributed by atoms with Crippen LogP contribution in [-0.2, 0) is 0 Å². The number of hydrogen-bond donors (Lipinski definition) is 2. The average Bonchev–Trinajstić information content (AvgIpc) is 2.88. The maximum atomic E-state index is 11.1. The summed E-state index contributed by atoms with van der Waals surface area (Å²) < 4.78 is 5.12. The number of carboxylic acids is 1. The molecule has 2 rings (SSSR count). The maximum Gasteiger partial charge on any atom is 0.337 e. The van der Waals surface area contributed by atoms with Gasteiger partial charge in [-0.15, -0.1) is 0 Å². The minimum Gasteiger partial charge on any atom is -0.497 e. The lowest BCUT2D eigenvalue weighted by Gasteiger charge is -2.14. The molecule has 1 fully saturated rings. The van der Waals surface area contributed by atoms with E-state index in [1.807, 2.05) is 11.8 Å². The molecule has 0 aromatic heterocycles. The zero-order valence-corrected chi connectivity index (χ0v) is 11.1. The molecule has 1 saturated heterocycles. The highest BCUT2D eigenvalue weighted by Crippen LogP contribution is 2.28. The molecule has 1 unspecified atom stereocenters. The Bertz CT molecular complexity index is 430. The van der Waals surface area contributed by atoms with Crippen LogP contribution in [0.2, 0.25) is 0 Å². The van der Waals surface area contributed by atoms with Crippen LogP contribution in [0.1, 0.15) is 23.2 Å². The van der Waals surface area contributed by atoms with Gasteiger partial charge in [0.15, 0.2) is 0 Å². The molecule has 18 heavy (non-hydrogen) atoms. The molecule has 98 valence electrons. The van der Waals surface area contributed by atoms with Gasteiger partial charge in [0, 0.05) is 17.9 Å². The molecule has 5 heteroatoms. The number of benzene rings is 1. The fraction of sp³-hybridized carbons (Fsp3) is 0.462. The maximum absolute atomic E-state index is 11.1. The monoisotopic (exact) mass is 267 g/mol. The van der Waals surface area contributed by atoms with Gasteiger partial charge in [-0.05, 0) is 30.7 Å². The van der Waals surface area contributed by atoms with Crippen LogP contribution in [0.5, 0.6) is 5.75 Å². The molecule has 4 nitrogen and oxygen atoms in total. The second kappa shape index (κ2) is 6.00. The van der Waals surface area contributed by atoms with Crippen LogP contribution in [0.25, 0.3) is 0 Å². The van der Waals surface area contributed by atoms with Crippen molar-refractivity contribution in [1.29, 1.82) is 0 Å². The molecule has 0 bridgehead atoms. The Balaban J connectivity index is 2.10. The Hall–Kier alpha value is -1.36. The van der Waals surface area contributed by atoms with Crippen LogP contribution in [0.4, 0.5) is 5.69 Å². The van der Waals surface area contributed by atoms with E-state index in [1.54, 1.807) is 25.3 Å². The highest BCUT2D eigenvalue weighted by Gasteiger charge is 2.17. The van der Waals surface area contributed by atoms with Gasteiger partial charge in [-0.3, -0.25) is 0 Å². The number of carboxylic acid groups (broad SMARTS) is 1. The third-order valence-corrected chi connectivity index (χ3v) is 4.40. The average molecular weight is 267 g/mol. The summed E-state index contributed by atoms with van der Waals surface area (Å²) in [5.41, 5.74) is 0.924. The number of carbonyl (C=O) groups is 1. The SMILES string of the molecule is COc1ccc(C(=O)O)c(NCC2CCCS2)c1. The van der Waals surface area contributed by atoms with E-state index >= 15 is 0 Å². The molecule has 0 saturated carbocycles. The molecule has 2 N–H and O–H groups in total. The van der Waals surface area contributed by atoms with Crippen LogP contribution in [-0.4, -0.2) is 35.7 Å². The van der Waals surface area contributed by atoms with Gasteiger partial charge in [-0.2, -0.15) is 11.8 Å². The predicted octanol–water partition coefficient (Wildman–Crippen LogP) is 2.70. The van der Waals surface area contributed by atoms with E-state index in [1.165, 1.54) is 18.6 Å². The number of anilines is 1. The second-order valence-corrected chi connectivity index (χ2v) is 5.64. The molecule has 1 heterocycles. The standard InChI is InChI=1S/C13H17NO3S/c1-17-9-4-5-11(13(15)16)12(7-9)14-8-10-3-2-6-18-10/h4-5,7,10,14H,2-3,6,8H2,1H3,(H,15,16). The highest BCUT2D eigenvalue weighted by atomic mass is 32.2. The zero-order chi connectivity index (χ0) is 13.0. The Labute approximate surface area is 111 Å². The van der Waals surface area contributed by atoms with E-state index in [-0.39, 0.29) is 0 Å². The third-order valence-electron chi connectivity index (χ3n) is 3.00. The summed E-state index contributed by atoms with van der Waals surface area (Å²) in [6.07, 6.45) is 2.45. The Kier molecular flexibility index (Phi) is 4.36. The largest absolute Gasteiger partial charge is 0.497 e. The van der Waals surface area contributed by atoms with E-state index in [0.717, 1.165) is 6.54 Å². The van der Waals surface area contributed by atoms with Crippen LogP contribution >= 0.6 is 11.8 Å². The number of thioether (sulfide) groups is 1. The smallest absolute Gasteiger partial charge is 0.337 e. The van der Waals surface area contributed by atoms with Gasteiger partial charge in [-0.25, -0.2) is 4.79 Å². The van der Waals surface area contributed by atoms with Gasteiger partial charge in [0.05, 0.1) is 18.4 Å². The van der Waals surface area contributed by atoms with Crippen molar-refractivity contribution < 1.29 is 14.6 Å². The first kappa shape index (κ1) is 13.1. The van der Waals surface area contributed by atoms with Crippen LogP contribution in [0, 0.1) is 0 Å². The summed E-state index contributed by atoms with van der Waals surface area (Å²) in [4.78, 5) is 11.1. The fourth-order valence-corrected chi connectivity index (χ4v) is 3.21. The lowest BCUT2D eigenvalue weighted by atomic mass is 10.1. The van der Waals surface area contributed by atoms with Crippen molar-refractivity contribution in [2.45, 2.75) is 18.1 Å². The minimum atomic E-state index is -0.917. The first-order chi connectivity index (χ1) is 8.70. The molecule has 0 amide bonds. The Morgan fingerprint density at radius 3 is 3.06 bits per heavy atom. The topological polar surface area (TPSA) is 58.6 Å². The van der Waals surface area contributed by atoms with Crippen molar-refractivity contribution in [2.24, 2.45) is 0 Å². The first-order valence-corrected chi connectivity index (χ1v) is 7.02. The summed E-state index contributed by atoms with van der Waals surface area (Å²) in [5, 5.41) is 12.9. The van der Waals surface area contributed by atoms with Gasteiger partial charge in [0.1, 0.15) is 5.75 Å². The molecule has 0 spiro atoms. The van der Waals surface area contributed by atoms with Gasteiger partial charge >= 0.3 is 5.97 Å². The molecular formula is C13H17NO3S. The summed E-state index contributed by atoms with van der Waals surface area (Å²) in [7, 11) is 1.58. The van der Waals surface area contributed by atoms with Crippen molar-refractivity contribution >= 4 is 23.4 Å². The number of nitrogens with one attached hydrogen (secondary N) is 1. The van der Waals surface area contributed by atoms with Crippen LogP contribution in [0.3, 0.4) is 0 Å². The van der Waals surface area contributed by atoms with E-state index in [9.17, 15) is 4.79 Å². The van der Waals surface area contributed by atoms with Crippen molar-refractivity contribution in [2.75, 3.05) is 24.7 Å². The molecule has 0 radical (unpaired) electrons. The summed E-state index contributed by atoms with van der Waals surface area (Å²) in [6, 6.07) is 4.98. The predicted molar refractivity (Wildman–Crippen MR) is 73.9 cm³/mol. The Morgan fingerprint density at radius 2 is 2.44 bits per heavy atom. The molecule has 1 aromatic rings. The zero-order valence-electron chi connectivity index (χ0n) is 10.3. The molecule has 1 atom stereocenters. The number of methoxy groups -OCH3 is 1. The van der Waals surface area contributed by atoms with E-state index in [2.05, 4.69) is 5.32 Å². The lowest BCUT2D eigenvalue weighted by molar-refractivity contribution is 0.0698. The number of rotatable bonds is 5. The van der Waals surface area contributed by atoms with E-state index in [4.69, 9.17) is 9.84 Å². The quantitative estimate of drug-likeness (QED) is 0.859. The lowest BCUT2D eigenvalue weighted by Crippen LogP contribution is -2.15. The van der Waals surface area contributed by atoms with Gasteiger partial charge in [0.2, 0.25) is 0 Å². The third kappa shape index (κ3) is 3.10. The van der Waals surface area contributed by atoms with Gasteiger partial charge < -0.3 is 15.2 Å². The molecule has 1 aromatic carbocycles. The summed E-state index contributed by atoms with van der Waals surface area (Å²) in [5.74, 6) is 0.955. The van der Waals surface area contributed by atoms with Gasteiger partial charge in [-0.1, -0.05) is 0 Å². The van der Waals surface area contributed by atoms with Crippen molar-refractivity contribution in [3.8, 4) is 5.75 Å². The normalized spacial score (nSPS) is 18.6. The van der Waals surface area contributed by atoms with Crippen molar-refractivity contribution in [3.63, 3.8) is 0 Å². The van der Waals surface area contributed by atoms with Crippen molar-refractivity contribution in [1.82, 2.24) is 0 Å². The number of aromatic carboxylic acids is 1. The highest BCUT2D eigenvalue weighted by molar-refractivity contribution is 8.00. The van der Waals surface area contributed by atoms with Crippen LogP contribution in [0.15, 0.2) is 18.2 Å².